The zero-order valence-electron chi connectivity index (χ0n) is 15.4. The highest BCUT2D eigenvalue weighted by atomic mass is 35.5. The highest BCUT2D eigenvalue weighted by Gasteiger charge is 2.21. The predicted octanol–water partition coefficient (Wildman–Crippen LogP) is 4.53. The van der Waals surface area contributed by atoms with E-state index >= 15 is 0 Å². The minimum atomic E-state index is -0.0675. The van der Waals surface area contributed by atoms with E-state index in [-0.39, 0.29) is 11.7 Å². The summed E-state index contributed by atoms with van der Waals surface area (Å²) >= 11 is 6.37. The van der Waals surface area contributed by atoms with E-state index in [1.807, 2.05) is 30.3 Å². The van der Waals surface area contributed by atoms with Gasteiger partial charge in [-0.2, -0.15) is 0 Å². The fourth-order valence-corrected chi connectivity index (χ4v) is 3.94. The number of aromatic amines is 1. The van der Waals surface area contributed by atoms with Crippen molar-refractivity contribution in [3.63, 3.8) is 0 Å². The number of nitrogens with one attached hydrogen (secondary N) is 1. The van der Waals surface area contributed by atoms with Gasteiger partial charge in [0.25, 0.3) is 5.56 Å². The van der Waals surface area contributed by atoms with Crippen molar-refractivity contribution in [2.45, 2.75) is 32.4 Å². The Morgan fingerprint density at radius 1 is 1.15 bits per heavy atom. The van der Waals surface area contributed by atoms with E-state index in [1.54, 1.807) is 6.20 Å². The summed E-state index contributed by atoms with van der Waals surface area (Å²) in [5.74, 6) is 0.827. The van der Waals surface area contributed by atoms with Crippen molar-refractivity contribution in [1.29, 1.82) is 0 Å². The number of likely N-dealkylation sites (tertiary alicyclic amines) is 1. The number of ether oxygens (including phenoxy) is 1. The standard InChI is InChI=1S/C22H23ClN2O2/c1-15-2-3-17(21(23)12-15)14-25-10-7-18(8-11-25)27-19-4-5-20-16(13-19)6-9-24-22(20)26/h2-6,9,12-13,18H,7-8,10-11,14H2,1H3,(H,24,26). The minimum Gasteiger partial charge on any atom is -0.490 e. The van der Waals surface area contributed by atoms with Gasteiger partial charge in [0.05, 0.1) is 0 Å². The van der Waals surface area contributed by atoms with Crippen LogP contribution in [0.3, 0.4) is 0 Å². The third-order valence-corrected chi connectivity index (χ3v) is 5.54. The van der Waals surface area contributed by atoms with Gasteiger partial charge < -0.3 is 9.72 Å². The third kappa shape index (κ3) is 4.18. The normalized spacial score (nSPS) is 15.9. The number of aromatic nitrogens is 1. The quantitative estimate of drug-likeness (QED) is 0.720. The topological polar surface area (TPSA) is 45.3 Å². The summed E-state index contributed by atoms with van der Waals surface area (Å²) in [4.78, 5) is 16.9. The van der Waals surface area contributed by atoms with Gasteiger partial charge >= 0.3 is 0 Å². The number of H-pyrrole nitrogens is 1. The van der Waals surface area contributed by atoms with Gasteiger partial charge in [-0.3, -0.25) is 9.69 Å². The van der Waals surface area contributed by atoms with Gasteiger partial charge in [-0.25, -0.2) is 0 Å². The first-order chi connectivity index (χ1) is 13.1. The van der Waals surface area contributed by atoms with Crippen molar-refractivity contribution in [2.75, 3.05) is 13.1 Å². The van der Waals surface area contributed by atoms with Crippen molar-refractivity contribution >= 4 is 22.4 Å². The molecule has 1 saturated heterocycles. The molecule has 4 nitrogen and oxygen atoms in total. The van der Waals surface area contributed by atoms with E-state index in [0.717, 1.165) is 48.6 Å². The molecule has 0 saturated carbocycles. The zero-order chi connectivity index (χ0) is 18.8. The molecule has 5 heteroatoms. The van der Waals surface area contributed by atoms with Gasteiger partial charge in [0.1, 0.15) is 11.9 Å². The number of aryl methyl sites for hydroxylation is 1. The number of piperidine rings is 1. The first-order valence-electron chi connectivity index (χ1n) is 9.34. The lowest BCUT2D eigenvalue weighted by Gasteiger charge is -2.32. The summed E-state index contributed by atoms with van der Waals surface area (Å²) in [6, 6.07) is 13.8. The predicted molar refractivity (Wildman–Crippen MR) is 110 cm³/mol. The molecule has 2 aromatic carbocycles. The second-order valence-electron chi connectivity index (χ2n) is 7.24. The SMILES string of the molecule is Cc1ccc(CN2CCC(Oc3ccc4c(=O)[nH]ccc4c3)CC2)c(Cl)c1. The maximum atomic E-state index is 11.8. The molecule has 4 rings (SSSR count). The first kappa shape index (κ1) is 18.1. The number of rotatable bonds is 4. The van der Waals surface area contributed by atoms with Gasteiger partial charge in [0, 0.05) is 36.2 Å². The molecule has 1 N–H and O–H groups in total. The van der Waals surface area contributed by atoms with Gasteiger partial charge in [-0.1, -0.05) is 23.7 Å². The van der Waals surface area contributed by atoms with Crippen LogP contribution in [0.25, 0.3) is 10.8 Å². The Morgan fingerprint density at radius 3 is 2.74 bits per heavy atom. The van der Waals surface area contributed by atoms with Gasteiger partial charge in [-0.15, -0.1) is 0 Å². The maximum absolute atomic E-state index is 11.8. The Morgan fingerprint density at radius 2 is 1.96 bits per heavy atom. The highest BCUT2D eigenvalue weighted by Crippen LogP contribution is 2.25. The first-order valence-corrected chi connectivity index (χ1v) is 9.72. The van der Waals surface area contributed by atoms with Crippen LogP contribution in [0.4, 0.5) is 0 Å². The largest absolute Gasteiger partial charge is 0.490 e. The summed E-state index contributed by atoms with van der Waals surface area (Å²) in [5.41, 5.74) is 2.30. The van der Waals surface area contributed by atoms with Crippen LogP contribution in [0.5, 0.6) is 5.75 Å². The molecular weight excluding hydrogens is 360 g/mol. The molecule has 140 valence electrons. The number of pyridine rings is 1. The average molecular weight is 383 g/mol. The van der Waals surface area contributed by atoms with Crippen LogP contribution in [-0.4, -0.2) is 29.1 Å². The molecule has 0 aliphatic carbocycles. The summed E-state index contributed by atoms with van der Waals surface area (Å²) in [5, 5.41) is 2.44. The summed E-state index contributed by atoms with van der Waals surface area (Å²) in [7, 11) is 0. The Kier molecular flexibility index (Phi) is 5.19. The van der Waals surface area contributed by atoms with Crippen LogP contribution < -0.4 is 10.3 Å². The van der Waals surface area contributed by atoms with Crippen LogP contribution in [0.1, 0.15) is 24.0 Å². The number of fused-ring (bicyclic) bond motifs is 1. The smallest absolute Gasteiger partial charge is 0.255 e. The van der Waals surface area contributed by atoms with Gasteiger partial charge in [0.15, 0.2) is 0 Å². The van der Waals surface area contributed by atoms with Gasteiger partial charge in [0.2, 0.25) is 0 Å². The van der Waals surface area contributed by atoms with Crippen LogP contribution in [0.2, 0.25) is 5.02 Å². The van der Waals surface area contributed by atoms with E-state index in [0.29, 0.717) is 5.39 Å². The minimum absolute atomic E-state index is 0.0675. The Labute approximate surface area is 163 Å². The van der Waals surface area contributed by atoms with Crippen LogP contribution in [0, 0.1) is 6.92 Å². The summed E-state index contributed by atoms with van der Waals surface area (Å²) < 4.78 is 6.18. The Hall–Kier alpha value is -2.30. The fraction of sp³-hybridized carbons (Fsp3) is 0.318. The molecule has 1 fully saturated rings. The van der Waals surface area contributed by atoms with Gasteiger partial charge in [-0.05, 0) is 66.6 Å². The third-order valence-electron chi connectivity index (χ3n) is 5.18. The molecule has 0 bridgehead atoms. The molecule has 1 aliphatic rings. The summed E-state index contributed by atoms with van der Waals surface area (Å²) in [6.07, 6.45) is 3.84. The van der Waals surface area contributed by atoms with Crippen molar-refractivity contribution in [3.05, 3.63) is 75.2 Å². The second-order valence-corrected chi connectivity index (χ2v) is 7.65. The van der Waals surface area contributed by atoms with Crippen molar-refractivity contribution in [2.24, 2.45) is 0 Å². The lowest BCUT2D eigenvalue weighted by atomic mass is 10.1. The van der Waals surface area contributed by atoms with Crippen molar-refractivity contribution in [3.8, 4) is 5.75 Å². The van der Waals surface area contributed by atoms with Crippen molar-refractivity contribution < 1.29 is 4.74 Å². The number of hydrogen-bond acceptors (Lipinski definition) is 3. The molecular formula is C22H23ClN2O2. The van der Waals surface area contributed by atoms with Crippen molar-refractivity contribution in [1.82, 2.24) is 9.88 Å². The zero-order valence-corrected chi connectivity index (χ0v) is 16.1. The molecule has 27 heavy (non-hydrogen) atoms. The van der Waals surface area contributed by atoms with E-state index in [1.165, 1.54) is 11.1 Å². The second kappa shape index (κ2) is 7.75. The molecule has 1 aromatic heterocycles. The lowest BCUT2D eigenvalue weighted by molar-refractivity contribution is 0.0969. The molecule has 3 aromatic rings. The highest BCUT2D eigenvalue weighted by molar-refractivity contribution is 6.31. The molecule has 1 aliphatic heterocycles. The monoisotopic (exact) mass is 382 g/mol. The average Bonchev–Trinajstić information content (AvgIpc) is 2.66. The van der Waals surface area contributed by atoms with E-state index in [2.05, 4.69) is 28.9 Å². The van der Waals surface area contributed by atoms with Crippen LogP contribution in [0.15, 0.2) is 53.5 Å². The number of benzene rings is 2. The van der Waals surface area contributed by atoms with Crippen LogP contribution in [-0.2, 0) is 6.54 Å². The molecule has 0 unspecified atom stereocenters. The van der Waals surface area contributed by atoms with Crippen LogP contribution >= 0.6 is 11.6 Å². The summed E-state index contributed by atoms with van der Waals surface area (Å²) in [6.45, 7) is 4.91. The molecule has 0 atom stereocenters. The van der Waals surface area contributed by atoms with E-state index in [4.69, 9.17) is 16.3 Å². The maximum Gasteiger partial charge on any atom is 0.255 e. The molecule has 0 amide bonds. The molecule has 2 heterocycles. The number of nitrogens with zero attached hydrogens (tertiary/aromatic N) is 1. The fourth-order valence-electron chi connectivity index (χ4n) is 3.64. The number of hydrogen-bond donors (Lipinski definition) is 1. The Bertz CT molecular complexity index is 1010. The molecule has 0 spiro atoms. The van der Waals surface area contributed by atoms with E-state index < -0.39 is 0 Å². The van der Waals surface area contributed by atoms with E-state index in [9.17, 15) is 4.79 Å². The number of halogens is 1. The lowest BCUT2D eigenvalue weighted by Crippen LogP contribution is -2.37. The molecule has 0 radical (unpaired) electrons. The Balaban J connectivity index is 1.36.